The van der Waals surface area contributed by atoms with E-state index in [1.165, 1.54) is 18.3 Å². The van der Waals surface area contributed by atoms with Crippen molar-refractivity contribution in [3.63, 3.8) is 0 Å². The molecule has 0 atom stereocenters. The van der Waals surface area contributed by atoms with Crippen molar-refractivity contribution in [2.24, 2.45) is 0 Å². The highest BCUT2D eigenvalue weighted by molar-refractivity contribution is 7.14. The van der Waals surface area contributed by atoms with Crippen LogP contribution in [0, 0.1) is 0 Å². The molecule has 0 unspecified atom stereocenters. The van der Waals surface area contributed by atoms with Gasteiger partial charge < -0.3 is 9.47 Å². The molecule has 0 aliphatic rings. The Morgan fingerprint density at radius 2 is 1.89 bits per heavy atom. The summed E-state index contributed by atoms with van der Waals surface area (Å²) in [7, 11) is 1.62. The number of carbonyl (C=O) groups is 2. The average molecular weight is 382 g/mol. The number of aromatic nitrogens is 1. The lowest BCUT2D eigenvalue weighted by molar-refractivity contribution is -0.118. The summed E-state index contributed by atoms with van der Waals surface area (Å²) in [6, 6.07) is 14.3. The zero-order valence-electron chi connectivity index (χ0n) is 14.9. The van der Waals surface area contributed by atoms with Crippen LogP contribution in [0.15, 0.2) is 53.9 Å². The molecule has 7 heteroatoms. The Labute approximate surface area is 160 Å². The molecule has 0 radical (unpaired) electrons. The molecule has 138 valence electrons. The minimum atomic E-state index is -0.321. The third kappa shape index (κ3) is 4.92. The molecule has 3 rings (SSSR count). The number of benzene rings is 2. The van der Waals surface area contributed by atoms with Crippen LogP contribution >= 0.6 is 11.3 Å². The maximum Gasteiger partial charge on any atom is 0.264 e. The van der Waals surface area contributed by atoms with Crippen molar-refractivity contribution >= 4 is 28.2 Å². The van der Waals surface area contributed by atoms with Gasteiger partial charge in [0.05, 0.1) is 12.8 Å². The number of carbonyl (C=O) groups excluding carboxylic acids is 2. The number of thiazole rings is 1. The van der Waals surface area contributed by atoms with Gasteiger partial charge in [-0.3, -0.25) is 14.9 Å². The number of hydrogen-bond donors (Lipinski definition) is 1. The van der Waals surface area contributed by atoms with E-state index in [2.05, 4.69) is 10.3 Å². The van der Waals surface area contributed by atoms with E-state index in [0.717, 1.165) is 17.0 Å². The number of nitrogens with one attached hydrogen (secondary N) is 1. The van der Waals surface area contributed by atoms with E-state index in [-0.39, 0.29) is 18.3 Å². The van der Waals surface area contributed by atoms with E-state index in [9.17, 15) is 9.59 Å². The van der Waals surface area contributed by atoms with Crippen LogP contribution < -0.4 is 14.8 Å². The first kappa shape index (κ1) is 18.6. The molecule has 0 bridgehead atoms. The van der Waals surface area contributed by atoms with Gasteiger partial charge in [-0.05, 0) is 43.3 Å². The molecule has 0 aliphatic carbocycles. The lowest BCUT2D eigenvalue weighted by atomic mass is 10.1. The summed E-state index contributed by atoms with van der Waals surface area (Å²) in [6.07, 6.45) is 0. The molecule has 1 aromatic heterocycles. The maximum absolute atomic E-state index is 12.1. The quantitative estimate of drug-likeness (QED) is 0.624. The van der Waals surface area contributed by atoms with Crippen LogP contribution in [0.1, 0.15) is 17.3 Å². The smallest absolute Gasteiger partial charge is 0.264 e. The van der Waals surface area contributed by atoms with Crippen LogP contribution in [-0.4, -0.2) is 30.4 Å². The van der Waals surface area contributed by atoms with Crippen molar-refractivity contribution in [3.8, 4) is 22.8 Å². The number of ketones is 1. The average Bonchev–Trinajstić information content (AvgIpc) is 3.15. The van der Waals surface area contributed by atoms with Crippen molar-refractivity contribution in [1.29, 1.82) is 0 Å². The second-order valence-electron chi connectivity index (χ2n) is 5.69. The van der Waals surface area contributed by atoms with Gasteiger partial charge in [0.2, 0.25) is 0 Å². The Bertz CT molecular complexity index is 951. The summed E-state index contributed by atoms with van der Waals surface area (Å²) >= 11 is 1.34. The van der Waals surface area contributed by atoms with Crippen molar-refractivity contribution in [2.45, 2.75) is 6.92 Å². The van der Waals surface area contributed by atoms with Gasteiger partial charge >= 0.3 is 0 Å². The molecule has 27 heavy (non-hydrogen) atoms. The summed E-state index contributed by atoms with van der Waals surface area (Å²) in [5.41, 5.74) is 2.25. The lowest BCUT2D eigenvalue weighted by Crippen LogP contribution is -2.20. The highest BCUT2D eigenvalue weighted by Gasteiger charge is 2.10. The van der Waals surface area contributed by atoms with Crippen LogP contribution in [-0.2, 0) is 4.79 Å². The minimum absolute atomic E-state index is 0.0567. The van der Waals surface area contributed by atoms with Crippen LogP contribution in [0.2, 0.25) is 0 Å². The van der Waals surface area contributed by atoms with Crippen molar-refractivity contribution in [1.82, 2.24) is 4.98 Å². The van der Waals surface area contributed by atoms with Crippen molar-refractivity contribution in [3.05, 3.63) is 59.5 Å². The van der Waals surface area contributed by atoms with Gasteiger partial charge in [0.15, 0.2) is 17.5 Å². The largest absolute Gasteiger partial charge is 0.497 e. The zero-order valence-corrected chi connectivity index (χ0v) is 15.7. The summed E-state index contributed by atoms with van der Waals surface area (Å²) in [5.74, 6) is 0.863. The van der Waals surface area contributed by atoms with Gasteiger partial charge in [-0.2, -0.15) is 0 Å². The van der Waals surface area contributed by atoms with Crippen LogP contribution in [0.3, 0.4) is 0 Å². The normalized spacial score (nSPS) is 10.3. The molecule has 0 fully saturated rings. The highest BCUT2D eigenvalue weighted by Crippen LogP contribution is 2.26. The lowest BCUT2D eigenvalue weighted by Gasteiger charge is -2.06. The molecule has 0 spiro atoms. The van der Waals surface area contributed by atoms with Crippen LogP contribution in [0.5, 0.6) is 11.5 Å². The molecular formula is C20H18N2O4S. The fourth-order valence-electron chi connectivity index (χ4n) is 2.33. The SMILES string of the molecule is COc1ccc(-c2csc(NC(=O)COc3cccc(C(C)=O)c3)n2)cc1. The minimum Gasteiger partial charge on any atom is -0.497 e. The number of methoxy groups -OCH3 is 1. The summed E-state index contributed by atoms with van der Waals surface area (Å²) in [5, 5.41) is 5.08. The molecule has 1 N–H and O–H groups in total. The molecule has 3 aromatic rings. The molecule has 1 amide bonds. The van der Waals surface area contributed by atoms with E-state index in [4.69, 9.17) is 9.47 Å². The van der Waals surface area contributed by atoms with Gasteiger partial charge in [-0.25, -0.2) is 4.98 Å². The number of hydrogen-bond acceptors (Lipinski definition) is 6. The summed E-state index contributed by atoms with van der Waals surface area (Å²) in [4.78, 5) is 27.9. The first-order valence-electron chi connectivity index (χ1n) is 8.19. The Morgan fingerprint density at radius 3 is 2.59 bits per heavy atom. The van der Waals surface area contributed by atoms with Crippen LogP contribution in [0.25, 0.3) is 11.3 Å². The van der Waals surface area contributed by atoms with Gasteiger partial charge in [-0.15, -0.1) is 11.3 Å². The predicted octanol–water partition coefficient (Wildman–Crippen LogP) is 4.04. The van der Waals surface area contributed by atoms with Gasteiger partial charge in [0.1, 0.15) is 11.5 Å². The van der Waals surface area contributed by atoms with Gasteiger partial charge in [-0.1, -0.05) is 12.1 Å². The molecule has 2 aromatic carbocycles. The fraction of sp³-hybridized carbons (Fsp3) is 0.150. The van der Waals surface area contributed by atoms with Gasteiger partial charge in [0.25, 0.3) is 5.91 Å². The third-order valence-electron chi connectivity index (χ3n) is 3.75. The Morgan fingerprint density at radius 1 is 1.11 bits per heavy atom. The number of Topliss-reactive ketones (excluding diaryl/α,β-unsaturated/α-hetero) is 1. The summed E-state index contributed by atoms with van der Waals surface area (Å²) < 4.78 is 10.6. The summed E-state index contributed by atoms with van der Waals surface area (Å²) in [6.45, 7) is 1.31. The van der Waals surface area contributed by atoms with E-state index in [0.29, 0.717) is 16.4 Å². The van der Waals surface area contributed by atoms with E-state index >= 15 is 0 Å². The Hall–Kier alpha value is -3.19. The monoisotopic (exact) mass is 382 g/mol. The van der Waals surface area contributed by atoms with Crippen molar-refractivity contribution in [2.75, 3.05) is 19.0 Å². The Kier molecular flexibility index (Phi) is 5.83. The van der Waals surface area contributed by atoms with E-state index < -0.39 is 0 Å². The molecule has 0 saturated heterocycles. The molecule has 1 heterocycles. The molecular weight excluding hydrogens is 364 g/mol. The zero-order chi connectivity index (χ0) is 19.2. The number of rotatable bonds is 7. The number of ether oxygens (including phenoxy) is 2. The Balaban J connectivity index is 1.57. The second kappa shape index (κ2) is 8.46. The molecule has 0 aliphatic heterocycles. The second-order valence-corrected chi connectivity index (χ2v) is 6.55. The van der Waals surface area contributed by atoms with E-state index in [1.54, 1.807) is 31.4 Å². The standard InChI is InChI=1S/C20H18N2O4S/c1-13(23)15-4-3-5-17(10-15)26-11-19(24)22-20-21-18(12-27-20)14-6-8-16(25-2)9-7-14/h3-10,12H,11H2,1-2H3,(H,21,22,24). The topological polar surface area (TPSA) is 77.5 Å². The first-order chi connectivity index (χ1) is 13.0. The van der Waals surface area contributed by atoms with Crippen LogP contribution in [0.4, 0.5) is 5.13 Å². The highest BCUT2D eigenvalue weighted by atomic mass is 32.1. The van der Waals surface area contributed by atoms with Crippen molar-refractivity contribution < 1.29 is 19.1 Å². The van der Waals surface area contributed by atoms with Gasteiger partial charge in [0, 0.05) is 16.5 Å². The number of nitrogens with zero attached hydrogens (tertiary/aromatic N) is 1. The molecule has 6 nitrogen and oxygen atoms in total. The number of amides is 1. The molecule has 0 saturated carbocycles. The first-order valence-corrected chi connectivity index (χ1v) is 9.07. The predicted molar refractivity (Wildman–Crippen MR) is 105 cm³/mol. The maximum atomic E-state index is 12.1. The van der Waals surface area contributed by atoms with E-state index in [1.807, 2.05) is 29.6 Å². The number of anilines is 1. The third-order valence-corrected chi connectivity index (χ3v) is 4.50. The fourth-order valence-corrected chi connectivity index (χ4v) is 3.07.